The van der Waals surface area contributed by atoms with Crippen LogP contribution in [0.5, 0.6) is 0 Å². The maximum absolute atomic E-state index is 14.0. The van der Waals surface area contributed by atoms with E-state index in [2.05, 4.69) is 5.32 Å². The zero-order valence-corrected chi connectivity index (χ0v) is 19.7. The van der Waals surface area contributed by atoms with E-state index in [0.717, 1.165) is 0 Å². The van der Waals surface area contributed by atoms with E-state index in [1.165, 1.54) is 13.8 Å². The van der Waals surface area contributed by atoms with Gasteiger partial charge in [0.2, 0.25) is 0 Å². The highest BCUT2D eigenvalue weighted by atomic mass is 19.3. The van der Waals surface area contributed by atoms with Gasteiger partial charge in [0.05, 0.1) is 12.1 Å². The number of alkyl halides is 4. The molecule has 0 spiro atoms. The molecule has 0 saturated heterocycles. The van der Waals surface area contributed by atoms with E-state index >= 15 is 0 Å². The minimum Gasteiger partial charge on any atom is -0.444 e. The Balaban J connectivity index is 0.000000361. The van der Waals surface area contributed by atoms with E-state index < -0.39 is 42.0 Å². The predicted molar refractivity (Wildman–Crippen MR) is 123 cm³/mol. The standard InChI is InChI=1S/C15H21F2NO2.C10H13F2N/c1-11(18-13(19)20-14(2,3)4)15(16,17)10-12-8-6-5-7-9-12;1-8(13)10(11,12)7-9-5-3-2-4-6-9/h5-9,11H,10H2,1-4H3,(H,18,19);2-6,8H,7,13H2,1H3/t11-;8-/m11/s1. The third kappa shape index (κ3) is 11.2. The summed E-state index contributed by atoms with van der Waals surface area (Å²) in [7, 11) is 0. The van der Waals surface area contributed by atoms with Gasteiger partial charge in [0, 0.05) is 12.8 Å². The van der Waals surface area contributed by atoms with Gasteiger partial charge in [0.15, 0.2) is 0 Å². The van der Waals surface area contributed by atoms with Crippen LogP contribution in [-0.2, 0) is 17.6 Å². The molecule has 184 valence electrons. The molecule has 0 saturated carbocycles. The molecule has 8 heteroatoms. The Morgan fingerprint density at radius 1 is 0.848 bits per heavy atom. The zero-order valence-electron chi connectivity index (χ0n) is 19.7. The van der Waals surface area contributed by atoms with Crippen LogP contribution in [0.15, 0.2) is 60.7 Å². The molecule has 0 aliphatic carbocycles. The molecule has 0 fully saturated rings. The first kappa shape index (κ1) is 28.4. The smallest absolute Gasteiger partial charge is 0.408 e. The van der Waals surface area contributed by atoms with E-state index in [1.807, 2.05) is 0 Å². The third-order valence-corrected chi connectivity index (χ3v) is 4.60. The summed E-state index contributed by atoms with van der Waals surface area (Å²) in [5, 5.41) is 2.19. The summed E-state index contributed by atoms with van der Waals surface area (Å²) in [5.41, 5.74) is 5.60. The van der Waals surface area contributed by atoms with Crippen molar-refractivity contribution in [1.82, 2.24) is 5.32 Å². The maximum Gasteiger partial charge on any atom is 0.408 e. The number of hydrogen-bond donors (Lipinski definition) is 2. The van der Waals surface area contributed by atoms with Crippen LogP contribution in [0, 0.1) is 0 Å². The number of alkyl carbamates (subject to hydrolysis) is 1. The number of benzene rings is 2. The minimum absolute atomic E-state index is 0.286. The molecular formula is C25H34F4N2O2. The van der Waals surface area contributed by atoms with Gasteiger partial charge in [-0.15, -0.1) is 0 Å². The summed E-state index contributed by atoms with van der Waals surface area (Å²) < 4.78 is 59.2. The quantitative estimate of drug-likeness (QED) is 0.489. The van der Waals surface area contributed by atoms with Gasteiger partial charge in [-0.2, -0.15) is 0 Å². The first-order valence-corrected chi connectivity index (χ1v) is 10.7. The molecule has 4 nitrogen and oxygen atoms in total. The van der Waals surface area contributed by atoms with Crippen molar-refractivity contribution in [2.24, 2.45) is 5.73 Å². The maximum atomic E-state index is 14.0. The molecule has 0 aliphatic rings. The van der Waals surface area contributed by atoms with Crippen LogP contribution in [0.4, 0.5) is 22.4 Å². The van der Waals surface area contributed by atoms with Gasteiger partial charge >= 0.3 is 6.09 Å². The number of carbonyl (C=O) groups is 1. The lowest BCUT2D eigenvalue weighted by molar-refractivity contribution is -0.0348. The van der Waals surface area contributed by atoms with E-state index in [0.29, 0.717) is 11.1 Å². The molecule has 0 unspecified atom stereocenters. The summed E-state index contributed by atoms with van der Waals surface area (Å²) in [5.74, 6) is -5.86. The first-order valence-electron chi connectivity index (χ1n) is 10.7. The SMILES string of the molecule is C[C@@H](N)C(F)(F)Cc1ccccc1.C[C@@H](NC(=O)OC(C)(C)C)C(F)(F)Cc1ccccc1. The fraction of sp³-hybridized carbons (Fsp3) is 0.480. The summed E-state index contributed by atoms with van der Waals surface area (Å²) in [4.78, 5) is 11.5. The Morgan fingerprint density at radius 2 is 1.24 bits per heavy atom. The highest BCUT2D eigenvalue weighted by Gasteiger charge is 2.38. The molecule has 0 aromatic heterocycles. The normalized spacial score (nSPS) is 13.9. The van der Waals surface area contributed by atoms with Crippen LogP contribution >= 0.6 is 0 Å². The molecule has 33 heavy (non-hydrogen) atoms. The molecule has 0 radical (unpaired) electrons. The van der Waals surface area contributed by atoms with E-state index in [-0.39, 0.29) is 6.42 Å². The Hall–Kier alpha value is -2.61. The largest absolute Gasteiger partial charge is 0.444 e. The van der Waals surface area contributed by atoms with Crippen molar-refractivity contribution in [3.8, 4) is 0 Å². The second-order valence-corrected chi connectivity index (χ2v) is 9.00. The van der Waals surface area contributed by atoms with Gasteiger partial charge in [-0.1, -0.05) is 60.7 Å². The number of hydrogen-bond acceptors (Lipinski definition) is 3. The summed E-state index contributed by atoms with van der Waals surface area (Å²) in [6.45, 7) is 7.63. The van der Waals surface area contributed by atoms with Crippen LogP contribution < -0.4 is 11.1 Å². The first-order chi connectivity index (χ1) is 15.1. The molecule has 2 atom stereocenters. The van der Waals surface area contributed by atoms with Gasteiger partial charge in [0.25, 0.3) is 11.8 Å². The molecular weight excluding hydrogens is 436 g/mol. The number of amides is 1. The average molecular weight is 471 g/mol. The number of carbonyl (C=O) groups excluding carboxylic acids is 1. The van der Waals surface area contributed by atoms with Crippen LogP contribution in [0.1, 0.15) is 45.7 Å². The average Bonchev–Trinajstić information content (AvgIpc) is 2.67. The topological polar surface area (TPSA) is 64.3 Å². The molecule has 0 bridgehead atoms. The summed E-state index contributed by atoms with van der Waals surface area (Å²) in [6, 6.07) is 14.7. The summed E-state index contributed by atoms with van der Waals surface area (Å²) >= 11 is 0. The fourth-order valence-electron chi connectivity index (χ4n) is 2.64. The molecule has 2 aromatic rings. The lowest BCUT2D eigenvalue weighted by Crippen LogP contribution is -2.48. The number of halogens is 4. The second-order valence-electron chi connectivity index (χ2n) is 9.00. The van der Waals surface area contributed by atoms with E-state index in [4.69, 9.17) is 10.5 Å². The Morgan fingerprint density at radius 3 is 1.61 bits per heavy atom. The number of ether oxygens (including phenoxy) is 1. The van der Waals surface area contributed by atoms with Gasteiger partial charge in [-0.25, -0.2) is 22.4 Å². The number of nitrogens with one attached hydrogen (secondary N) is 1. The lowest BCUT2D eigenvalue weighted by atomic mass is 10.0. The van der Waals surface area contributed by atoms with Crippen molar-refractivity contribution in [3.05, 3.63) is 71.8 Å². The van der Waals surface area contributed by atoms with Gasteiger partial charge in [-0.3, -0.25) is 0 Å². The fourth-order valence-corrected chi connectivity index (χ4v) is 2.64. The Kier molecular flexibility index (Phi) is 10.4. The Bertz CT molecular complexity index is 838. The van der Waals surface area contributed by atoms with E-state index in [1.54, 1.807) is 81.4 Å². The molecule has 1 amide bonds. The van der Waals surface area contributed by atoms with Crippen LogP contribution in [0.3, 0.4) is 0 Å². The van der Waals surface area contributed by atoms with E-state index in [9.17, 15) is 22.4 Å². The molecule has 3 N–H and O–H groups in total. The Labute approximate surface area is 193 Å². The van der Waals surface area contributed by atoms with Crippen LogP contribution in [0.25, 0.3) is 0 Å². The van der Waals surface area contributed by atoms with Crippen LogP contribution in [0.2, 0.25) is 0 Å². The molecule has 2 aromatic carbocycles. The van der Waals surface area contributed by atoms with Crippen molar-refractivity contribution in [3.63, 3.8) is 0 Å². The molecule has 0 heterocycles. The highest BCUT2D eigenvalue weighted by Crippen LogP contribution is 2.25. The third-order valence-electron chi connectivity index (χ3n) is 4.60. The number of nitrogens with two attached hydrogens (primary N) is 1. The van der Waals surface area contributed by atoms with Gasteiger partial charge in [-0.05, 0) is 45.7 Å². The molecule has 0 aliphatic heterocycles. The minimum atomic E-state index is -3.04. The predicted octanol–water partition coefficient (Wildman–Crippen LogP) is 5.99. The van der Waals surface area contributed by atoms with Gasteiger partial charge in [0.1, 0.15) is 5.60 Å². The van der Waals surface area contributed by atoms with Gasteiger partial charge < -0.3 is 15.8 Å². The summed E-state index contributed by atoms with van der Waals surface area (Å²) in [6.07, 6.45) is -1.55. The van der Waals surface area contributed by atoms with Crippen molar-refractivity contribution < 1.29 is 27.1 Å². The second kappa shape index (κ2) is 12.0. The van der Waals surface area contributed by atoms with Crippen LogP contribution in [-0.4, -0.2) is 35.6 Å². The highest BCUT2D eigenvalue weighted by molar-refractivity contribution is 5.68. The van der Waals surface area contributed by atoms with Crippen molar-refractivity contribution in [2.75, 3.05) is 0 Å². The lowest BCUT2D eigenvalue weighted by Gasteiger charge is -2.27. The van der Waals surface area contributed by atoms with Crippen molar-refractivity contribution in [1.29, 1.82) is 0 Å². The zero-order chi connectivity index (χ0) is 25.3. The van der Waals surface area contributed by atoms with Crippen molar-refractivity contribution >= 4 is 6.09 Å². The van der Waals surface area contributed by atoms with Crippen molar-refractivity contribution in [2.45, 2.75) is 77.0 Å². The monoisotopic (exact) mass is 470 g/mol. The molecule has 2 rings (SSSR count). The number of rotatable bonds is 7.